The standard InChI is InChI=1S/C26H40N2O5/c1-4-5-7-13-21(16-23(29)30)25(31)27-24(19(2)3)26(32)28-15-10-14-22(28)18-33-17-20-11-8-6-9-12-20/h6,8-9,11-12,19,21-22,24H,4-5,7,10,13-18H2,1-3H3,(H,27,31)(H,29,30)/t21-,22+,24?/m1/s1. The van der Waals surface area contributed by atoms with Gasteiger partial charge in [-0.05, 0) is 30.7 Å². The van der Waals surface area contributed by atoms with Crippen LogP contribution in [0.5, 0.6) is 0 Å². The van der Waals surface area contributed by atoms with Crippen molar-refractivity contribution in [2.24, 2.45) is 11.8 Å². The molecule has 0 radical (unpaired) electrons. The zero-order valence-corrected chi connectivity index (χ0v) is 20.3. The third-order valence-corrected chi connectivity index (χ3v) is 6.26. The topological polar surface area (TPSA) is 95.9 Å². The van der Waals surface area contributed by atoms with Crippen molar-refractivity contribution in [3.05, 3.63) is 35.9 Å². The second-order valence-electron chi connectivity index (χ2n) is 9.35. The minimum atomic E-state index is -0.991. The molecule has 33 heavy (non-hydrogen) atoms. The van der Waals surface area contributed by atoms with Gasteiger partial charge in [-0.2, -0.15) is 0 Å². The normalized spacial score (nSPS) is 17.7. The van der Waals surface area contributed by atoms with E-state index >= 15 is 0 Å². The minimum absolute atomic E-state index is 0.0151. The highest BCUT2D eigenvalue weighted by atomic mass is 16.5. The fraction of sp³-hybridized carbons (Fsp3) is 0.654. The number of hydrogen-bond donors (Lipinski definition) is 2. The number of aliphatic carboxylic acids is 1. The summed E-state index contributed by atoms with van der Waals surface area (Å²) < 4.78 is 5.90. The lowest BCUT2D eigenvalue weighted by Gasteiger charge is -2.32. The summed E-state index contributed by atoms with van der Waals surface area (Å²) >= 11 is 0. The van der Waals surface area contributed by atoms with Crippen molar-refractivity contribution >= 4 is 17.8 Å². The fourth-order valence-electron chi connectivity index (χ4n) is 4.33. The molecule has 2 amide bonds. The first-order chi connectivity index (χ1) is 15.8. The number of benzene rings is 1. The number of rotatable bonds is 14. The SMILES string of the molecule is CCCCC[C@H](CC(=O)O)C(=O)NC(C(=O)N1CCC[C@H]1COCc1ccccc1)C(C)C. The zero-order chi connectivity index (χ0) is 24.2. The van der Waals surface area contributed by atoms with Crippen molar-refractivity contribution in [1.29, 1.82) is 0 Å². The number of amides is 2. The lowest BCUT2D eigenvalue weighted by Crippen LogP contribution is -2.54. The van der Waals surface area contributed by atoms with E-state index in [9.17, 15) is 19.5 Å². The highest BCUT2D eigenvalue weighted by Gasteiger charge is 2.36. The predicted molar refractivity (Wildman–Crippen MR) is 127 cm³/mol. The number of carboxylic acids is 1. The van der Waals surface area contributed by atoms with Crippen LogP contribution in [0, 0.1) is 11.8 Å². The number of hydrogen-bond acceptors (Lipinski definition) is 4. The number of nitrogens with one attached hydrogen (secondary N) is 1. The molecule has 1 aliphatic rings. The maximum atomic E-state index is 13.4. The van der Waals surface area contributed by atoms with Crippen molar-refractivity contribution in [1.82, 2.24) is 10.2 Å². The Morgan fingerprint density at radius 3 is 2.55 bits per heavy atom. The van der Waals surface area contributed by atoms with Crippen LogP contribution >= 0.6 is 0 Å². The average molecular weight is 461 g/mol. The van der Waals surface area contributed by atoms with Gasteiger partial charge in [0, 0.05) is 12.5 Å². The third-order valence-electron chi connectivity index (χ3n) is 6.26. The summed E-state index contributed by atoms with van der Waals surface area (Å²) in [6, 6.07) is 9.24. The molecule has 7 heteroatoms. The molecule has 0 saturated carbocycles. The van der Waals surface area contributed by atoms with Crippen LogP contribution in [0.3, 0.4) is 0 Å². The summed E-state index contributed by atoms with van der Waals surface area (Å²) in [5.74, 6) is -2.15. The predicted octanol–water partition coefficient (Wildman–Crippen LogP) is 4.01. The van der Waals surface area contributed by atoms with Gasteiger partial charge >= 0.3 is 5.97 Å². The Morgan fingerprint density at radius 2 is 1.91 bits per heavy atom. The van der Waals surface area contributed by atoms with Gasteiger partial charge in [-0.25, -0.2) is 0 Å². The molecule has 0 aromatic heterocycles. The number of unbranched alkanes of at least 4 members (excludes halogenated alkanes) is 2. The Morgan fingerprint density at radius 1 is 1.18 bits per heavy atom. The Bertz CT molecular complexity index is 752. The number of nitrogens with zero attached hydrogens (tertiary/aromatic N) is 1. The van der Waals surface area contributed by atoms with Gasteiger partial charge in [-0.3, -0.25) is 14.4 Å². The molecule has 0 aliphatic carbocycles. The second-order valence-corrected chi connectivity index (χ2v) is 9.35. The van der Waals surface area contributed by atoms with E-state index in [1.54, 1.807) is 0 Å². The summed E-state index contributed by atoms with van der Waals surface area (Å²) in [5.41, 5.74) is 1.09. The van der Waals surface area contributed by atoms with E-state index in [2.05, 4.69) is 12.2 Å². The van der Waals surface area contributed by atoms with Crippen molar-refractivity contribution in [3.63, 3.8) is 0 Å². The maximum absolute atomic E-state index is 13.4. The molecule has 1 aromatic rings. The molecule has 7 nitrogen and oxygen atoms in total. The molecular formula is C26H40N2O5. The van der Waals surface area contributed by atoms with Crippen LogP contribution in [0.2, 0.25) is 0 Å². The Labute approximate surface area is 197 Å². The molecule has 2 rings (SSSR count). The number of carbonyl (C=O) groups excluding carboxylic acids is 2. The van der Waals surface area contributed by atoms with Gasteiger partial charge in [0.1, 0.15) is 6.04 Å². The van der Waals surface area contributed by atoms with E-state index in [1.165, 1.54) is 0 Å². The monoisotopic (exact) mass is 460 g/mol. The van der Waals surface area contributed by atoms with Crippen LogP contribution in [-0.2, 0) is 25.7 Å². The van der Waals surface area contributed by atoms with Crippen LogP contribution in [0.15, 0.2) is 30.3 Å². The molecule has 1 unspecified atom stereocenters. The van der Waals surface area contributed by atoms with Crippen LogP contribution in [0.4, 0.5) is 0 Å². The smallest absolute Gasteiger partial charge is 0.304 e. The van der Waals surface area contributed by atoms with Gasteiger partial charge in [0.15, 0.2) is 0 Å². The quantitative estimate of drug-likeness (QED) is 0.409. The van der Waals surface area contributed by atoms with Gasteiger partial charge in [0.2, 0.25) is 11.8 Å². The molecule has 1 heterocycles. The van der Waals surface area contributed by atoms with E-state index in [1.807, 2.05) is 49.1 Å². The summed E-state index contributed by atoms with van der Waals surface area (Å²) in [6.07, 6.45) is 4.83. The molecule has 2 N–H and O–H groups in total. The Hall–Kier alpha value is -2.41. The zero-order valence-electron chi connectivity index (χ0n) is 20.3. The van der Waals surface area contributed by atoms with Crippen LogP contribution in [-0.4, -0.2) is 53.0 Å². The van der Waals surface area contributed by atoms with Gasteiger partial charge in [0.05, 0.1) is 25.7 Å². The van der Waals surface area contributed by atoms with Crippen molar-refractivity contribution in [2.75, 3.05) is 13.2 Å². The molecule has 1 aromatic carbocycles. The molecule has 1 fully saturated rings. The number of ether oxygens (including phenoxy) is 1. The number of carboxylic acid groups (broad SMARTS) is 1. The lowest BCUT2D eigenvalue weighted by molar-refractivity contribution is -0.143. The molecule has 3 atom stereocenters. The van der Waals surface area contributed by atoms with Crippen LogP contribution in [0.1, 0.15) is 71.3 Å². The van der Waals surface area contributed by atoms with E-state index < -0.39 is 17.9 Å². The third kappa shape index (κ3) is 8.80. The van der Waals surface area contributed by atoms with Crippen molar-refractivity contribution < 1.29 is 24.2 Å². The minimum Gasteiger partial charge on any atom is -0.481 e. The highest BCUT2D eigenvalue weighted by molar-refractivity contribution is 5.90. The molecule has 184 valence electrons. The van der Waals surface area contributed by atoms with Gasteiger partial charge in [-0.1, -0.05) is 70.4 Å². The Balaban J connectivity index is 1.98. The van der Waals surface area contributed by atoms with Gasteiger partial charge < -0.3 is 20.1 Å². The van der Waals surface area contributed by atoms with Crippen LogP contribution < -0.4 is 5.32 Å². The number of likely N-dealkylation sites (tertiary alicyclic amines) is 1. The van der Waals surface area contributed by atoms with E-state index in [0.717, 1.165) is 37.7 Å². The lowest BCUT2D eigenvalue weighted by atomic mass is 9.95. The largest absolute Gasteiger partial charge is 0.481 e. The molecule has 1 saturated heterocycles. The highest BCUT2D eigenvalue weighted by Crippen LogP contribution is 2.22. The second kappa shape index (κ2) is 14.0. The fourth-order valence-corrected chi connectivity index (χ4v) is 4.33. The van der Waals surface area contributed by atoms with E-state index in [-0.39, 0.29) is 30.2 Å². The van der Waals surface area contributed by atoms with Gasteiger partial charge in [-0.15, -0.1) is 0 Å². The molecule has 0 bridgehead atoms. The van der Waals surface area contributed by atoms with E-state index in [4.69, 9.17) is 4.74 Å². The first-order valence-electron chi connectivity index (χ1n) is 12.3. The van der Waals surface area contributed by atoms with Crippen LogP contribution in [0.25, 0.3) is 0 Å². The summed E-state index contributed by atoms with van der Waals surface area (Å²) in [4.78, 5) is 39.5. The first kappa shape index (κ1) is 26.8. The average Bonchev–Trinajstić information content (AvgIpc) is 3.25. The molecule has 0 spiro atoms. The van der Waals surface area contributed by atoms with E-state index in [0.29, 0.717) is 26.2 Å². The summed E-state index contributed by atoms with van der Waals surface area (Å²) in [5, 5.41) is 12.1. The molecule has 1 aliphatic heterocycles. The Kier molecular flexibility index (Phi) is 11.4. The first-order valence-corrected chi connectivity index (χ1v) is 12.3. The number of carbonyl (C=O) groups is 3. The van der Waals surface area contributed by atoms with Crippen molar-refractivity contribution in [2.45, 2.75) is 84.4 Å². The summed E-state index contributed by atoms with van der Waals surface area (Å²) in [6.45, 7) is 7.48. The van der Waals surface area contributed by atoms with Crippen molar-refractivity contribution in [3.8, 4) is 0 Å². The van der Waals surface area contributed by atoms with Gasteiger partial charge in [0.25, 0.3) is 0 Å². The maximum Gasteiger partial charge on any atom is 0.304 e. The molecular weight excluding hydrogens is 420 g/mol. The summed E-state index contributed by atoms with van der Waals surface area (Å²) in [7, 11) is 0.